The van der Waals surface area contributed by atoms with Crippen molar-refractivity contribution in [1.82, 2.24) is 0 Å². The molecule has 0 spiro atoms. The van der Waals surface area contributed by atoms with Gasteiger partial charge in [-0.25, -0.2) is 9.18 Å². The average Bonchev–Trinajstić information content (AvgIpc) is 1.99. The Labute approximate surface area is 85.7 Å². The average molecular weight is 214 g/mol. The molecule has 5 heteroatoms. The zero-order valence-corrected chi connectivity index (χ0v) is 8.32. The van der Waals surface area contributed by atoms with Gasteiger partial charge < -0.3 is 10.2 Å². The summed E-state index contributed by atoms with van der Waals surface area (Å²) in [5.41, 5.74) is -2.63. The second-order valence-electron chi connectivity index (χ2n) is 3.61. The van der Waals surface area contributed by atoms with Gasteiger partial charge in [0.15, 0.2) is 5.67 Å². The van der Waals surface area contributed by atoms with Crippen LogP contribution in [0.2, 0.25) is 0 Å². The molecule has 0 bridgehead atoms. The minimum atomic E-state index is -2.38. The highest BCUT2D eigenvalue weighted by molar-refractivity contribution is 5.93. The molecule has 0 aromatic rings. The first-order valence-corrected chi connectivity index (χ1v) is 4.33. The molecule has 0 aliphatic heterocycles. The molecule has 2 N–H and O–H groups in total. The van der Waals surface area contributed by atoms with E-state index >= 15 is 0 Å². The van der Waals surface area contributed by atoms with Gasteiger partial charge in [0, 0.05) is 0 Å². The molecule has 0 aromatic carbocycles. The molecule has 2 atom stereocenters. The molecule has 0 saturated carbocycles. The van der Waals surface area contributed by atoms with Crippen molar-refractivity contribution >= 4 is 11.9 Å². The van der Waals surface area contributed by atoms with E-state index in [1.165, 1.54) is 19.1 Å². The third kappa shape index (κ3) is 1.77. The lowest BCUT2D eigenvalue weighted by Gasteiger charge is -2.29. The molecule has 0 radical (unpaired) electrons. The summed E-state index contributed by atoms with van der Waals surface area (Å²) in [6.45, 7) is 2.41. The molecule has 2 unspecified atom stereocenters. The lowest BCUT2D eigenvalue weighted by molar-refractivity contribution is -0.144. The van der Waals surface area contributed by atoms with E-state index in [0.29, 0.717) is 0 Å². The fraction of sp³-hybridized carbons (Fsp3) is 0.400. The number of carboxylic acids is 2. The summed E-state index contributed by atoms with van der Waals surface area (Å²) in [5, 5.41) is 17.6. The van der Waals surface area contributed by atoms with Gasteiger partial charge in [-0.1, -0.05) is 12.2 Å². The standard InChI is InChI=1S/C10H11FO4/c1-5-3-4-6(8(12)13)10(2,11)7(5)9(14)15/h3-4,6H,1-2H3,(H,12,13)(H,14,15). The van der Waals surface area contributed by atoms with Crippen molar-refractivity contribution in [2.75, 3.05) is 0 Å². The molecule has 1 aliphatic rings. The van der Waals surface area contributed by atoms with Crippen LogP contribution in [0.4, 0.5) is 4.39 Å². The molecule has 0 saturated heterocycles. The fourth-order valence-corrected chi connectivity index (χ4v) is 1.74. The predicted octanol–water partition coefficient (Wildman–Crippen LogP) is 1.39. The third-order valence-electron chi connectivity index (χ3n) is 2.49. The quantitative estimate of drug-likeness (QED) is 0.728. The van der Waals surface area contributed by atoms with Gasteiger partial charge in [-0.3, -0.25) is 4.79 Å². The number of rotatable bonds is 2. The number of carboxylic acid groups (broad SMARTS) is 2. The molecule has 0 fully saturated rings. The highest BCUT2D eigenvalue weighted by Gasteiger charge is 2.46. The normalized spacial score (nSPS) is 30.5. The van der Waals surface area contributed by atoms with Crippen LogP contribution in [0.1, 0.15) is 13.8 Å². The summed E-state index contributed by atoms with van der Waals surface area (Å²) in [6, 6.07) is 0. The first kappa shape index (κ1) is 11.4. The Morgan fingerprint density at radius 1 is 1.47 bits per heavy atom. The second kappa shape index (κ2) is 3.49. The Bertz CT molecular complexity index is 379. The van der Waals surface area contributed by atoms with Crippen LogP contribution >= 0.6 is 0 Å². The van der Waals surface area contributed by atoms with Crippen LogP contribution in [0.5, 0.6) is 0 Å². The number of allylic oxidation sites excluding steroid dienone is 2. The Kier molecular flexibility index (Phi) is 2.66. The van der Waals surface area contributed by atoms with E-state index in [9.17, 15) is 14.0 Å². The number of hydrogen-bond donors (Lipinski definition) is 2. The van der Waals surface area contributed by atoms with Crippen LogP contribution in [0.25, 0.3) is 0 Å². The number of alkyl halides is 1. The maximum atomic E-state index is 14.1. The third-order valence-corrected chi connectivity index (χ3v) is 2.49. The summed E-state index contributed by atoms with van der Waals surface area (Å²) in [5.74, 6) is -4.25. The van der Waals surface area contributed by atoms with Crippen molar-refractivity contribution < 1.29 is 24.2 Å². The number of hydrogen-bond acceptors (Lipinski definition) is 2. The van der Waals surface area contributed by atoms with Gasteiger partial charge in [0.25, 0.3) is 0 Å². The predicted molar refractivity (Wildman–Crippen MR) is 50.1 cm³/mol. The molecule has 0 amide bonds. The van der Waals surface area contributed by atoms with Crippen LogP contribution in [0.3, 0.4) is 0 Å². The topological polar surface area (TPSA) is 74.6 Å². The highest BCUT2D eigenvalue weighted by atomic mass is 19.1. The molecule has 0 aromatic heterocycles. The lowest BCUT2D eigenvalue weighted by Crippen LogP contribution is -2.41. The first-order valence-electron chi connectivity index (χ1n) is 4.33. The molecule has 1 rings (SSSR count). The minimum Gasteiger partial charge on any atom is -0.481 e. The molecule has 82 valence electrons. The summed E-state index contributed by atoms with van der Waals surface area (Å²) >= 11 is 0. The lowest BCUT2D eigenvalue weighted by atomic mass is 9.78. The highest BCUT2D eigenvalue weighted by Crippen LogP contribution is 2.37. The van der Waals surface area contributed by atoms with Gasteiger partial charge in [-0.2, -0.15) is 0 Å². The summed E-state index contributed by atoms with van der Waals surface area (Å²) < 4.78 is 14.1. The van der Waals surface area contributed by atoms with Crippen molar-refractivity contribution in [3.8, 4) is 0 Å². The summed E-state index contributed by atoms with van der Waals surface area (Å²) in [7, 11) is 0. The molecule has 0 heterocycles. The Morgan fingerprint density at radius 3 is 2.40 bits per heavy atom. The minimum absolute atomic E-state index is 0.241. The largest absolute Gasteiger partial charge is 0.481 e. The van der Waals surface area contributed by atoms with E-state index < -0.39 is 29.1 Å². The van der Waals surface area contributed by atoms with Crippen molar-refractivity contribution in [3.05, 3.63) is 23.3 Å². The van der Waals surface area contributed by atoms with E-state index in [4.69, 9.17) is 10.2 Å². The fourth-order valence-electron chi connectivity index (χ4n) is 1.74. The number of aliphatic carboxylic acids is 2. The van der Waals surface area contributed by atoms with E-state index in [0.717, 1.165) is 6.92 Å². The number of carbonyl (C=O) groups is 2. The van der Waals surface area contributed by atoms with Crippen molar-refractivity contribution in [2.24, 2.45) is 5.92 Å². The first-order chi connectivity index (χ1) is 6.78. The van der Waals surface area contributed by atoms with Gasteiger partial charge in [0.1, 0.15) is 5.92 Å². The molecule has 1 aliphatic carbocycles. The van der Waals surface area contributed by atoms with Crippen LogP contribution in [0.15, 0.2) is 23.3 Å². The molecular weight excluding hydrogens is 203 g/mol. The van der Waals surface area contributed by atoms with Crippen LogP contribution in [-0.4, -0.2) is 27.8 Å². The summed E-state index contributed by atoms with van der Waals surface area (Å²) in [4.78, 5) is 21.6. The number of halogens is 1. The van der Waals surface area contributed by atoms with Crippen molar-refractivity contribution in [1.29, 1.82) is 0 Å². The monoisotopic (exact) mass is 214 g/mol. The SMILES string of the molecule is CC1=C(C(=O)O)C(C)(F)C(C(=O)O)C=C1. The van der Waals surface area contributed by atoms with Gasteiger partial charge >= 0.3 is 11.9 Å². The molecule has 4 nitrogen and oxygen atoms in total. The Morgan fingerprint density at radius 2 is 2.00 bits per heavy atom. The van der Waals surface area contributed by atoms with E-state index in [-0.39, 0.29) is 5.57 Å². The van der Waals surface area contributed by atoms with Crippen LogP contribution in [-0.2, 0) is 9.59 Å². The van der Waals surface area contributed by atoms with E-state index in [1.807, 2.05) is 0 Å². The summed E-state index contributed by atoms with van der Waals surface area (Å²) in [6.07, 6.45) is 2.49. The van der Waals surface area contributed by atoms with Gasteiger partial charge in [-0.15, -0.1) is 0 Å². The van der Waals surface area contributed by atoms with Crippen molar-refractivity contribution in [2.45, 2.75) is 19.5 Å². The van der Waals surface area contributed by atoms with E-state index in [2.05, 4.69) is 0 Å². The van der Waals surface area contributed by atoms with Crippen LogP contribution < -0.4 is 0 Å². The zero-order chi connectivity index (χ0) is 11.8. The smallest absolute Gasteiger partial charge is 0.335 e. The van der Waals surface area contributed by atoms with E-state index in [1.54, 1.807) is 0 Å². The van der Waals surface area contributed by atoms with Crippen molar-refractivity contribution in [3.63, 3.8) is 0 Å². The molecular formula is C10H11FO4. The maximum Gasteiger partial charge on any atom is 0.335 e. The van der Waals surface area contributed by atoms with Gasteiger partial charge in [0.05, 0.1) is 5.57 Å². The Balaban J connectivity index is 3.29. The molecule has 15 heavy (non-hydrogen) atoms. The van der Waals surface area contributed by atoms with Gasteiger partial charge in [-0.05, 0) is 19.4 Å². The maximum absolute atomic E-state index is 14.1. The zero-order valence-electron chi connectivity index (χ0n) is 8.32. The van der Waals surface area contributed by atoms with Crippen LogP contribution in [0, 0.1) is 5.92 Å². The van der Waals surface area contributed by atoms with Gasteiger partial charge in [0.2, 0.25) is 0 Å². The second-order valence-corrected chi connectivity index (χ2v) is 3.61. The Hall–Kier alpha value is -1.65.